The second-order valence-corrected chi connectivity index (χ2v) is 8.68. The lowest BCUT2D eigenvalue weighted by Gasteiger charge is -2.34. The predicted molar refractivity (Wildman–Crippen MR) is 98.0 cm³/mol. The number of amides is 1. The Morgan fingerprint density at radius 1 is 1.20 bits per heavy atom. The summed E-state index contributed by atoms with van der Waals surface area (Å²) >= 11 is 6.19. The van der Waals surface area contributed by atoms with Gasteiger partial charge in [-0.15, -0.1) is 12.4 Å². The molecule has 1 aromatic carbocycles. The molecule has 0 saturated carbocycles. The van der Waals surface area contributed by atoms with Gasteiger partial charge in [-0.1, -0.05) is 11.6 Å². The number of piperidine rings is 1. The Hall–Kier alpha value is -1.22. The second-order valence-electron chi connectivity index (χ2n) is 5.95. The molecule has 0 aromatic heterocycles. The highest BCUT2D eigenvalue weighted by Gasteiger charge is 2.48. The Labute approximate surface area is 157 Å². The Balaban J connectivity index is 0.00000225. The van der Waals surface area contributed by atoms with Crippen LogP contribution in [0, 0.1) is 0 Å². The van der Waals surface area contributed by atoms with Crippen LogP contribution in [0.3, 0.4) is 0 Å². The van der Waals surface area contributed by atoms with Gasteiger partial charge in [-0.3, -0.25) is 4.79 Å². The molecule has 0 spiro atoms. The number of carbonyl (C=O) groups is 1. The van der Waals surface area contributed by atoms with Crippen molar-refractivity contribution < 1.29 is 22.7 Å². The van der Waals surface area contributed by atoms with E-state index in [-0.39, 0.29) is 30.3 Å². The molecule has 0 atom stereocenters. The molecule has 1 saturated heterocycles. The van der Waals surface area contributed by atoms with Crippen molar-refractivity contribution in [3.05, 3.63) is 17.2 Å². The molecule has 2 aliphatic heterocycles. The standard InChI is InChI=1S/C15H19ClN2O5S.ClH/c1-24(20,21)15(2-4-17-5-3-15)14(19)18-11-9-13-12(8-10(11)16)22-6-7-23-13;/h8-9,17H,2-7H2,1H3,(H,18,19);1H. The van der Waals surface area contributed by atoms with Crippen LogP contribution in [0.2, 0.25) is 5.02 Å². The minimum atomic E-state index is -3.59. The van der Waals surface area contributed by atoms with Gasteiger partial charge >= 0.3 is 0 Å². The fraction of sp³-hybridized carbons (Fsp3) is 0.533. The summed E-state index contributed by atoms with van der Waals surface area (Å²) in [5, 5.41) is 6.01. The molecule has 10 heteroatoms. The third-order valence-electron chi connectivity index (χ3n) is 4.41. The van der Waals surface area contributed by atoms with Crippen molar-refractivity contribution in [2.75, 3.05) is 37.9 Å². The van der Waals surface area contributed by atoms with Crippen molar-refractivity contribution in [3.8, 4) is 11.5 Å². The van der Waals surface area contributed by atoms with Crippen LogP contribution in [0.5, 0.6) is 11.5 Å². The average Bonchev–Trinajstić information content (AvgIpc) is 2.55. The van der Waals surface area contributed by atoms with Crippen LogP contribution in [0.15, 0.2) is 12.1 Å². The quantitative estimate of drug-likeness (QED) is 0.786. The number of benzene rings is 1. The first-order valence-electron chi connectivity index (χ1n) is 7.64. The first-order chi connectivity index (χ1) is 11.3. The molecule has 2 aliphatic rings. The predicted octanol–water partition coefficient (Wildman–Crippen LogP) is 1.64. The van der Waals surface area contributed by atoms with E-state index < -0.39 is 20.5 Å². The number of fused-ring (bicyclic) bond motifs is 1. The van der Waals surface area contributed by atoms with Crippen molar-refractivity contribution in [3.63, 3.8) is 0 Å². The maximum absolute atomic E-state index is 12.8. The molecule has 0 aliphatic carbocycles. The number of ether oxygens (including phenoxy) is 2. The Bertz CT molecular complexity index is 763. The minimum absolute atomic E-state index is 0. The highest BCUT2D eigenvalue weighted by molar-refractivity contribution is 7.92. The van der Waals surface area contributed by atoms with E-state index in [0.717, 1.165) is 6.26 Å². The molecule has 140 valence electrons. The van der Waals surface area contributed by atoms with E-state index in [2.05, 4.69) is 10.6 Å². The lowest BCUT2D eigenvalue weighted by atomic mass is 9.95. The molecule has 3 rings (SSSR count). The van der Waals surface area contributed by atoms with Gasteiger partial charge in [-0.25, -0.2) is 8.42 Å². The Morgan fingerprint density at radius 3 is 2.32 bits per heavy atom. The topological polar surface area (TPSA) is 93.7 Å². The first kappa shape index (κ1) is 20.1. The number of rotatable bonds is 3. The van der Waals surface area contributed by atoms with E-state index in [1.807, 2.05) is 0 Å². The van der Waals surface area contributed by atoms with Gasteiger partial charge in [0.05, 0.1) is 10.7 Å². The van der Waals surface area contributed by atoms with E-state index in [1.165, 1.54) is 0 Å². The van der Waals surface area contributed by atoms with Crippen LogP contribution in [0.25, 0.3) is 0 Å². The number of hydrogen-bond acceptors (Lipinski definition) is 6. The van der Waals surface area contributed by atoms with Crippen molar-refractivity contribution in [2.45, 2.75) is 17.6 Å². The molecule has 2 N–H and O–H groups in total. The number of hydrogen-bond donors (Lipinski definition) is 2. The zero-order chi connectivity index (χ0) is 17.4. The fourth-order valence-electron chi connectivity index (χ4n) is 2.99. The van der Waals surface area contributed by atoms with Crippen molar-refractivity contribution >= 4 is 45.4 Å². The molecule has 1 amide bonds. The van der Waals surface area contributed by atoms with Crippen molar-refractivity contribution in [2.24, 2.45) is 0 Å². The summed E-state index contributed by atoms with van der Waals surface area (Å²) in [4.78, 5) is 12.8. The third-order valence-corrected chi connectivity index (χ3v) is 6.74. The molecule has 7 nitrogen and oxygen atoms in total. The molecule has 0 radical (unpaired) electrons. The molecular formula is C15H20Cl2N2O5S. The van der Waals surface area contributed by atoms with Gasteiger partial charge in [0, 0.05) is 18.4 Å². The normalized spacial score (nSPS) is 18.8. The fourth-order valence-corrected chi connectivity index (χ4v) is 4.53. The highest BCUT2D eigenvalue weighted by atomic mass is 35.5. The van der Waals surface area contributed by atoms with E-state index in [9.17, 15) is 13.2 Å². The van der Waals surface area contributed by atoms with Gasteiger partial charge in [0.2, 0.25) is 5.91 Å². The molecule has 25 heavy (non-hydrogen) atoms. The number of halogens is 2. The summed E-state index contributed by atoms with van der Waals surface area (Å²) in [7, 11) is -3.59. The summed E-state index contributed by atoms with van der Waals surface area (Å²) in [6, 6.07) is 3.12. The Morgan fingerprint density at radius 2 is 1.76 bits per heavy atom. The second kappa shape index (κ2) is 7.57. The van der Waals surface area contributed by atoms with Crippen LogP contribution in [0.1, 0.15) is 12.8 Å². The van der Waals surface area contributed by atoms with Gasteiger partial charge in [-0.2, -0.15) is 0 Å². The molecule has 1 fully saturated rings. The lowest BCUT2D eigenvalue weighted by molar-refractivity contribution is -0.119. The molecule has 0 unspecified atom stereocenters. The zero-order valence-electron chi connectivity index (χ0n) is 13.6. The molecule has 2 heterocycles. The van der Waals surface area contributed by atoms with E-state index in [0.29, 0.717) is 43.5 Å². The number of carbonyl (C=O) groups excluding carboxylic acids is 1. The zero-order valence-corrected chi connectivity index (χ0v) is 16.0. The highest BCUT2D eigenvalue weighted by Crippen LogP contribution is 2.39. The number of anilines is 1. The summed E-state index contributed by atoms with van der Waals surface area (Å²) in [5.41, 5.74) is 0.312. The molecule has 0 bridgehead atoms. The summed E-state index contributed by atoms with van der Waals surface area (Å²) in [6.07, 6.45) is 1.54. The summed E-state index contributed by atoms with van der Waals surface area (Å²) in [6.45, 7) is 1.77. The van der Waals surface area contributed by atoms with Gasteiger partial charge in [0.1, 0.15) is 13.2 Å². The molecular weight excluding hydrogens is 391 g/mol. The number of nitrogens with one attached hydrogen (secondary N) is 2. The Kier molecular flexibility index (Phi) is 6.09. The van der Waals surface area contributed by atoms with Crippen LogP contribution in [0.4, 0.5) is 5.69 Å². The monoisotopic (exact) mass is 410 g/mol. The van der Waals surface area contributed by atoms with E-state index >= 15 is 0 Å². The van der Waals surface area contributed by atoms with Crippen LogP contribution < -0.4 is 20.1 Å². The minimum Gasteiger partial charge on any atom is -0.486 e. The maximum Gasteiger partial charge on any atom is 0.245 e. The lowest BCUT2D eigenvalue weighted by Crippen LogP contribution is -2.55. The molecule has 1 aromatic rings. The summed E-state index contributed by atoms with van der Waals surface area (Å²) < 4.78 is 34.0. The van der Waals surface area contributed by atoms with Gasteiger partial charge in [0.15, 0.2) is 26.1 Å². The maximum atomic E-state index is 12.8. The van der Waals surface area contributed by atoms with Gasteiger partial charge < -0.3 is 20.1 Å². The van der Waals surface area contributed by atoms with Crippen LogP contribution >= 0.6 is 24.0 Å². The van der Waals surface area contributed by atoms with Gasteiger partial charge in [0.25, 0.3) is 0 Å². The van der Waals surface area contributed by atoms with Gasteiger partial charge in [-0.05, 0) is 25.9 Å². The van der Waals surface area contributed by atoms with Crippen LogP contribution in [-0.4, -0.2) is 51.6 Å². The van der Waals surface area contributed by atoms with E-state index in [1.54, 1.807) is 12.1 Å². The SMILES string of the molecule is CS(=O)(=O)C1(C(=O)Nc2cc3c(cc2Cl)OCCO3)CCNCC1.Cl. The van der Waals surface area contributed by atoms with Crippen LogP contribution in [-0.2, 0) is 14.6 Å². The van der Waals surface area contributed by atoms with Crippen molar-refractivity contribution in [1.82, 2.24) is 5.32 Å². The van der Waals surface area contributed by atoms with Crippen molar-refractivity contribution in [1.29, 1.82) is 0 Å². The largest absolute Gasteiger partial charge is 0.486 e. The smallest absolute Gasteiger partial charge is 0.245 e. The van der Waals surface area contributed by atoms with E-state index in [4.69, 9.17) is 21.1 Å². The number of sulfone groups is 1. The first-order valence-corrected chi connectivity index (χ1v) is 9.91. The average molecular weight is 411 g/mol. The summed E-state index contributed by atoms with van der Waals surface area (Å²) in [5.74, 6) is 0.411. The third kappa shape index (κ3) is 3.81.